The maximum Gasteiger partial charge on any atom is 0.221 e. The normalized spacial score (nSPS) is 19.1. The molecule has 4 heteroatoms. The summed E-state index contributed by atoms with van der Waals surface area (Å²) in [6.45, 7) is 1.35. The average molecular weight is 273 g/mol. The first-order valence-corrected chi connectivity index (χ1v) is 7.10. The molecule has 1 fully saturated rings. The summed E-state index contributed by atoms with van der Waals surface area (Å²) in [6.07, 6.45) is 5.24. The summed E-state index contributed by atoms with van der Waals surface area (Å²) in [5.74, 6) is 0.618. The first-order chi connectivity index (χ1) is 9.88. The summed E-state index contributed by atoms with van der Waals surface area (Å²) < 4.78 is 11.5. The Morgan fingerprint density at radius 1 is 1.25 bits per heavy atom. The number of hydrogen-bond acceptors (Lipinski definition) is 4. The molecule has 2 heterocycles. The van der Waals surface area contributed by atoms with Gasteiger partial charge in [-0.15, -0.1) is 0 Å². The first kappa shape index (κ1) is 13.3. The van der Waals surface area contributed by atoms with Crippen LogP contribution in [0.2, 0.25) is 0 Å². The van der Waals surface area contributed by atoms with Crippen molar-refractivity contribution in [3.8, 4) is 5.88 Å². The van der Waals surface area contributed by atoms with Crippen molar-refractivity contribution in [3.05, 3.63) is 36.0 Å². The van der Waals surface area contributed by atoms with E-state index in [9.17, 15) is 5.11 Å². The lowest BCUT2D eigenvalue weighted by Crippen LogP contribution is -2.26. The number of aromatic nitrogens is 1. The van der Waals surface area contributed by atoms with Crippen molar-refractivity contribution in [2.45, 2.75) is 32.0 Å². The monoisotopic (exact) mass is 273 g/mol. The first-order valence-electron chi connectivity index (χ1n) is 7.10. The van der Waals surface area contributed by atoms with E-state index < -0.39 is 0 Å². The van der Waals surface area contributed by atoms with Crippen LogP contribution in [-0.2, 0) is 11.3 Å². The van der Waals surface area contributed by atoms with Gasteiger partial charge in [-0.05, 0) is 30.7 Å². The number of ether oxygens (including phenoxy) is 2. The lowest BCUT2D eigenvalue weighted by Gasteiger charge is -2.22. The third-order valence-corrected chi connectivity index (χ3v) is 3.69. The van der Waals surface area contributed by atoms with Crippen LogP contribution >= 0.6 is 0 Å². The minimum atomic E-state index is -0.0144. The molecule has 0 aliphatic carbocycles. The third kappa shape index (κ3) is 2.76. The van der Waals surface area contributed by atoms with Gasteiger partial charge < -0.3 is 14.6 Å². The Labute approximate surface area is 118 Å². The predicted molar refractivity (Wildman–Crippen MR) is 76.8 cm³/mol. The summed E-state index contributed by atoms with van der Waals surface area (Å²) in [6, 6.07) is 7.86. The minimum absolute atomic E-state index is 0.0144. The fraction of sp³-hybridized carbons (Fsp3) is 0.438. The van der Waals surface area contributed by atoms with E-state index >= 15 is 0 Å². The van der Waals surface area contributed by atoms with Gasteiger partial charge >= 0.3 is 0 Å². The molecule has 3 rings (SSSR count). The largest absolute Gasteiger partial charge is 0.474 e. The third-order valence-electron chi connectivity index (χ3n) is 3.69. The van der Waals surface area contributed by atoms with Crippen LogP contribution in [0.15, 0.2) is 30.5 Å². The van der Waals surface area contributed by atoms with Crippen molar-refractivity contribution in [3.63, 3.8) is 0 Å². The highest BCUT2D eigenvalue weighted by molar-refractivity contribution is 5.89. The SMILES string of the molecule is OCc1cnc(OCC2CCCCO2)c2ccccc12. The van der Waals surface area contributed by atoms with Gasteiger partial charge in [0, 0.05) is 23.8 Å². The Morgan fingerprint density at radius 3 is 2.85 bits per heavy atom. The van der Waals surface area contributed by atoms with Gasteiger partial charge in [-0.1, -0.05) is 18.2 Å². The molecule has 1 aromatic carbocycles. The molecule has 1 saturated heterocycles. The van der Waals surface area contributed by atoms with Gasteiger partial charge in [0.1, 0.15) is 6.61 Å². The van der Waals surface area contributed by atoms with Gasteiger partial charge in [-0.3, -0.25) is 0 Å². The Bertz CT molecular complexity index is 579. The molecule has 4 nitrogen and oxygen atoms in total. The molecule has 20 heavy (non-hydrogen) atoms. The van der Waals surface area contributed by atoms with E-state index in [0.717, 1.165) is 35.8 Å². The number of benzene rings is 1. The van der Waals surface area contributed by atoms with Crippen molar-refractivity contribution in [1.29, 1.82) is 0 Å². The summed E-state index contributed by atoms with van der Waals surface area (Å²) in [5, 5.41) is 11.3. The van der Waals surface area contributed by atoms with E-state index in [1.165, 1.54) is 6.42 Å². The van der Waals surface area contributed by atoms with E-state index in [1.54, 1.807) is 6.20 Å². The second-order valence-electron chi connectivity index (χ2n) is 5.09. The smallest absolute Gasteiger partial charge is 0.221 e. The maximum absolute atomic E-state index is 9.36. The van der Waals surface area contributed by atoms with Gasteiger partial charge in [0.15, 0.2) is 0 Å². The molecule has 0 amide bonds. The molecule has 1 unspecified atom stereocenters. The number of pyridine rings is 1. The number of rotatable bonds is 4. The van der Waals surface area contributed by atoms with Crippen LogP contribution in [-0.4, -0.2) is 29.4 Å². The summed E-state index contributed by atoms with van der Waals surface area (Å²) >= 11 is 0. The van der Waals surface area contributed by atoms with E-state index in [4.69, 9.17) is 9.47 Å². The second kappa shape index (κ2) is 6.20. The topological polar surface area (TPSA) is 51.6 Å². The lowest BCUT2D eigenvalue weighted by molar-refractivity contribution is -0.0116. The molecule has 0 saturated carbocycles. The standard InChI is InChI=1S/C16H19NO3/c18-10-12-9-17-16(15-7-2-1-6-14(12)15)20-11-13-5-3-4-8-19-13/h1-2,6-7,9,13,18H,3-5,8,10-11H2. The van der Waals surface area contributed by atoms with Crippen LogP contribution in [0.1, 0.15) is 24.8 Å². The molecule has 2 aromatic rings. The van der Waals surface area contributed by atoms with Crippen molar-refractivity contribution in [1.82, 2.24) is 4.98 Å². The van der Waals surface area contributed by atoms with Gasteiger partial charge in [-0.25, -0.2) is 4.98 Å². The van der Waals surface area contributed by atoms with E-state index in [2.05, 4.69) is 4.98 Å². The molecule has 1 aliphatic heterocycles. The fourth-order valence-corrected chi connectivity index (χ4v) is 2.58. The zero-order valence-corrected chi connectivity index (χ0v) is 11.4. The Morgan fingerprint density at radius 2 is 2.10 bits per heavy atom. The van der Waals surface area contributed by atoms with E-state index in [-0.39, 0.29) is 12.7 Å². The zero-order chi connectivity index (χ0) is 13.8. The van der Waals surface area contributed by atoms with Crippen LogP contribution in [0.4, 0.5) is 0 Å². The molecular weight excluding hydrogens is 254 g/mol. The Balaban J connectivity index is 1.80. The Hall–Kier alpha value is -1.65. The van der Waals surface area contributed by atoms with Gasteiger partial charge in [0.05, 0.1) is 12.7 Å². The molecule has 1 N–H and O–H groups in total. The van der Waals surface area contributed by atoms with Gasteiger partial charge in [-0.2, -0.15) is 0 Å². The number of fused-ring (bicyclic) bond motifs is 1. The highest BCUT2D eigenvalue weighted by atomic mass is 16.5. The van der Waals surface area contributed by atoms with Crippen LogP contribution in [0, 0.1) is 0 Å². The molecule has 1 aromatic heterocycles. The van der Waals surface area contributed by atoms with Crippen molar-refractivity contribution >= 4 is 10.8 Å². The average Bonchev–Trinajstić information content (AvgIpc) is 2.53. The summed E-state index contributed by atoms with van der Waals surface area (Å²) in [4.78, 5) is 4.32. The quantitative estimate of drug-likeness (QED) is 0.930. The maximum atomic E-state index is 9.36. The predicted octanol–water partition coefficient (Wildman–Crippen LogP) is 2.68. The molecule has 0 bridgehead atoms. The van der Waals surface area contributed by atoms with E-state index in [1.807, 2.05) is 24.3 Å². The van der Waals surface area contributed by atoms with Crippen LogP contribution in [0.25, 0.3) is 10.8 Å². The minimum Gasteiger partial charge on any atom is -0.474 e. The van der Waals surface area contributed by atoms with Gasteiger partial charge in [0.2, 0.25) is 5.88 Å². The highest BCUT2D eigenvalue weighted by Gasteiger charge is 2.16. The molecule has 1 atom stereocenters. The number of hydrogen-bond donors (Lipinski definition) is 1. The van der Waals surface area contributed by atoms with Crippen LogP contribution in [0.5, 0.6) is 5.88 Å². The summed E-state index contributed by atoms with van der Waals surface area (Å²) in [7, 11) is 0. The van der Waals surface area contributed by atoms with Crippen LogP contribution < -0.4 is 4.74 Å². The second-order valence-corrected chi connectivity index (χ2v) is 5.09. The Kier molecular flexibility index (Phi) is 4.14. The van der Waals surface area contributed by atoms with Gasteiger partial charge in [0.25, 0.3) is 0 Å². The molecule has 0 spiro atoms. The van der Waals surface area contributed by atoms with Crippen molar-refractivity contribution < 1.29 is 14.6 Å². The molecular formula is C16H19NO3. The zero-order valence-electron chi connectivity index (χ0n) is 11.4. The van der Waals surface area contributed by atoms with Crippen LogP contribution in [0.3, 0.4) is 0 Å². The summed E-state index contributed by atoms with van der Waals surface area (Å²) in [5.41, 5.74) is 0.821. The molecule has 1 aliphatic rings. The number of aliphatic hydroxyl groups excluding tert-OH is 1. The van der Waals surface area contributed by atoms with E-state index in [0.29, 0.717) is 12.5 Å². The number of nitrogens with zero attached hydrogens (tertiary/aromatic N) is 1. The van der Waals surface area contributed by atoms with Crippen molar-refractivity contribution in [2.75, 3.05) is 13.2 Å². The number of aliphatic hydroxyl groups is 1. The molecule has 0 radical (unpaired) electrons. The van der Waals surface area contributed by atoms with Crippen molar-refractivity contribution in [2.24, 2.45) is 0 Å². The lowest BCUT2D eigenvalue weighted by atomic mass is 10.1. The highest BCUT2D eigenvalue weighted by Crippen LogP contribution is 2.26. The molecule has 106 valence electrons. The fourth-order valence-electron chi connectivity index (χ4n) is 2.58.